The summed E-state index contributed by atoms with van der Waals surface area (Å²) in [5.41, 5.74) is 2.92. The summed E-state index contributed by atoms with van der Waals surface area (Å²) in [6, 6.07) is 17.3. The number of nitro benzene ring substituents is 1. The number of carbonyl (C=O) groups excluding carboxylic acids is 1. The summed E-state index contributed by atoms with van der Waals surface area (Å²) in [5, 5.41) is 14.9. The zero-order valence-corrected chi connectivity index (χ0v) is 19.4. The van der Waals surface area contributed by atoms with E-state index in [1.54, 1.807) is 0 Å². The van der Waals surface area contributed by atoms with E-state index in [1.165, 1.54) is 86.1 Å². The predicted molar refractivity (Wildman–Crippen MR) is 128 cm³/mol. The van der Waals surface area contributed by atoms with E-state index in [-0.39, 0.29) is 16.3 Å². The molecule has 0 fully saturated rings. The Hall–Kier alpha value is -3.96. The Morgan fingerprint density at radius 1 is 1.09 bits per heavy atom. The van der Waals surface area contributed by atoms with Crippen LogP contribution in [0.1, 0.15) is 5.56 Å². The molecule has 0 aliphatic heterocycles. The number of anilines is 1. The monoisotopic (exact) mass is 502 g/mol. The van der Waals surface area contributed by atoms with Gasteiger partial charge in [-0.2, -0.15) is 5.10 Å². The van der Waals surface area contributed by atoms with Gasteiger partial charge in [0.2, 0.25) is 0 Å². The van der Waals surface area contributed by atoms with E-state index in [2.05, 4.69) is 10.5 Å². The van der Waals surface area contributed by atoms with Crippen LogP contribution in [0.2, 0.25) is 5.02 Å². The number of benzene rings is 3. The van der Waals surface area contributed by atoms with Gasteiger partial charge in [-0.25, -0.2) is 13.8 Å². The molecule has 0 atom stereocenters. The highest BCUT2D eigenvalue weighted by molar-refractivity contribution is 7.92. The average molecular weight is 503 g/mol. The van der Waals surface area contributed by atoms with Crippen LogP contribution in [0.3, 0.4) is 0 Å². The molecule has 0 radical (unpaired) electrons. The van der Waals surface area contributed by atoms with Gasteiger partial charge in [-0.3, -0.25) is 19.2 Å². The number of nitrogens with one attached hydrogen (secondary N) is 1. The highest BCUT2D eigenvalue weighted by Gasteiger charge is 2.27. The van der Waals surface area contributed by atoms with Gasteiger partial charge in [0.15, 0.2) is 0 Å². The van der Waals surface area contributed by atoms with E-state index in [4.69, 9.17) is 16.3 Å². The van der Waals surface area contributed by atoms with Gasteiger partial charge in [0.25, 0.3) is 21.6 Å². The van der Waals surface area contributed by atoms with Gasteiger partial charge >= 0.3 is 0 Å². The molecule has 3 aromatic carbocycles. The zero-order valence-electron chi connectivity index (χ0n) is 17.8. The molecule has 0 heterocycles. The van der Waals surface area contributed by atoms with Gasteiger partial charge in [-0.15, -0.1) is 0 Å². The number of ether oxygens (including phenoxy) is 1. The number of hydrogen-bond acceptors (Lipinski definition) is 7. The van der Waals surface area contributed by atoms with Crippen molar-refractivity contribution in [1.29, 1.82) is 0 Å². The van der Waals surface area contributed by atoms with Crippen molar-refractivity contribution in [2.24, 2.45) is 5.10 Å². The maximum absolute atomic E-state index is 13.3. The highest BCUT2D eigenvalue weighted by atomic mass is 35.5. The Bertz CT molecular complexity index is 1290. The summed E-state index contributed by atoms with van der Waals surface area (Å²) in [6.45, 7) is -0.562. The van der Waals surface area contributed by atoms with Crippen LogP contribution in [-0.2, 0) is 14.8 Å². The molecular formula is C22H19ClN4O6S. The number of non-ortho nitro benzene ring substituents is 1. The van der Waals surface area contributed by atoms with E-state index in [0.29, 0.717) is 16.3 Å². The van der Waals surface area contributed by atoms with Crippen molar-refractivity contribution in [2.75, 3.05) is 18.0 Å². The topological polar surface area (TPSA) is 131 Å². The summed E-state index contributed by atoms with van der Waals surface area (Å²) >= 11 is 5.92. The van der Waals surface area contributed by atoms with Crippen LogP contribution >= 0.6 is 11.6 Å². The first-order chi connectivity index (χ1) is 16.2. The zero-order chi connectivity index (χ0) is 24.7. The van der Waals surface area contributed by atoms with Crippen LogP contribution < -0.4 is 14.5 Å². The van der Waals surface area contributed by atoms with Crippen molar-refractivity contribution < 1.29 is 22.9 Å². The summed E-state index contributed by atoms with van der Waals surface area (Å²) in [5.74, 6) is -0.222. The van der Waals surface area contributed by atoms with Crippen molar-refractivity contribution >= 4 is 45.1 Å². The van der Waals surface area contributed by atoms with Crippen molar-refractivity contribution in [1.82, 2.24) is 5.43 Å². The molecule has 10 nitrogen and oxygen atoms in total. The van der Waals surface area contributed by atoms with Crippen LogP contribution in [0, 0.1) is 10.1 Å². The summed E-state index contributed by atoms with van der Waals surface area (Å²) in [6.07, 6.45) is 1.28. The minimum absolute atomic E-state index is 0.0366. The van der Waals surface area contributed by atoms with Crippen LogP contribution in [0.5, 0.6) is 5.75 Å². The second-order valence-electron chi connectivity index (χ2n) is 6.81. The average Bonchev–Trinajstić information content (AvgIpc) is 2.83. The fourth-order valence-electron chi connectivity index (χ4n) is 2.82. The number of nitro groups is 1. The number of sulfonamides is 1. The molecule has 3 aromatic rings. The molecule has 0 spiro atoms. The lowest BCUT2D eigenvalue weighted by Crippen LogP contribution is -2.39. The Morgan fingerprint density at radius 3 is 2.26 bits per heavy atom. The molecule has 0 bridgehead atoms. The van der Waals surface area contributed by atoms with E-state index in [0.717, 1.165) is 4.31 Å². The third-order valence-electron chi connectivity index (χ3n) is 4.56. The number of nitrogens with zero attached hydrogens (tertiary/aromatic N) is 3. The summed E-state index contributed by atoms with van der Waals surface area (Å²) in [4.78, 5) is 22.7. The van der Waals surface area contributed by atoms with Crippen LogP contribution in [0.25, 0.3) is 0 Å². The molecule has 0 unspecified atom stereocenters. The van der Waals surface area contributed by atoms with E-state index >= 15 is 0 Å². The number of methoxy groups -OCH3 is 1. The lowest BCUT2D eigenvalue weighted by Gasteiger charge is -2.23. The molecule has 1 N–H and O–H groups in total. The predicted octanol–water partition coefficient (Wildman–Crippen LogP) is 3.60. The van der Waals surface area contributed by atoms with Crippen LogP contribution in [-0.4, -0.2) is 39.1 Å². The molecule has 34 heavy (non-hydrogen) atoms. The van der Waals surface area contributed by atoms with E-state index in [1.807, 2.05) is 0 Å². The Morgan fingerprint density at radius 2 is 1.71 bits per heavy atom. The minimum atomic E-state index is -4.12. The van der Waals surface area contributed by atoms with Gasteiger partial charge < -0.3 is 4.74 Å². The molecule has 176 valence electrons. The van der Waals surface area contributed by atoms with Gasteiger partial charge in [0, 0.05) is 17.2 Å². The molecular weight excluding hydrogens is 484 g/mol. The van der Waals surface area contributed by atoms with Crippen molar-refractivity contribution in [2.45, 2.75) is 4.90 Å². The molecule has 12 heteroatoms. The number of amides is 1. The fraction of sp³-hybridized carbons (Fsp3) is 0.0909. The lowest BCUT2D eigenvalue weighted by atomic mass is 10.2. The normalized spacial score (nSPS) is 11.2. The maximum atomic E-state index is 13.3. The molecule has 0 aromatic heterocycles. The summed E-state index contributed by atoms with van der Waals surface area (Å²) in [7, 11) is -2.66. The first-order valence-corrected chi connectivity index (χ1v) is 11.5. The smallest absolute Gasteiger partial charge is 0.269 e. The number of hydrogen-bond donors (Lipinski definition) is 1. The Balaban J connectivity index is 1.80. The second kappa shape index (κ2) is 10.8. The van der Waals surface area contributed by atoms with E-state index < -0.39 is 27.4 Å². The lowest BCUT2D eigenvalue weighted by molar-refractivity contribution is -0.384. The third kappa shape index (κ3) is 6.09. The van der Waals surface area contributed by atoms with Crippen LogP contribution in [0.4, 0.5) is 11.4 Å². The SMILES string of the molecule is COc1ccc(S(=O)(=O)N(CC(=O)N/N=C/c2ccc([N+](=O)[O-])cc2)c2ccc(Cl)cc2)cc1. The Labute approximate surface area is 200 Å². The second-order valence-corrected chi connectivity index (χ2v) is 9.10. The van der Waals surface area contributed by atoms with Gasteiger partial charge in [-0.1, -0.05) is 11.6 Å². The van der Waals surface area contributed by atoms with Gasteiger partial charge in [0.05, 0.1) is 28.8 Å². The van der Waals surface area contributed by atoms with E-state index in [9.17, 15) is 23.3 Å². The van der Waals surface area contributed by atoms with Crippen molar-refractivity contribution in [3.05, 3.63) is 93.5 Å². The number of halogens is 1. The van der Waals surface area contributed by atoms with Gasteiger partial charge in [-0.05, 0) is 66.2 Å². The molecule has 0 saturated heterocycles. The quantitative estimate of drug-likeness (QED) is 0.270. The van der Waals surface area contributed by atoms with Crippen molar-refractivity contribution in [3.63, 3.8) is 0 Å². The summed E-state index contributed by atoms with van der Waals surface area (Å²) < 4.78 is 32.6. The molecule has 3 rings (SSSR count). The third-order valence-corrected chi connectivity index (χ3v) is 6.60. The van der Waals surface area contributed by atoms with Crippen molar-refractivity contribution in [3.8, 4) is 5.75 Å². The highest BCUT2D eigenvalue weighted by Crippen LogP contribution is 2.26. The first kappa shape index (κ1) is 24.7. The molecule has 1 amide bonds. The molecule has 0 aliphatic rings. The maximum Gasteiger partial charge on any atom is 0.269 e. The molecule has 0 aliphatic carbocycles. The standard InChI is InChI=1S/C22H19ClN4O6S/c1-33-20-10-12-21(13-11-20)34(31,32)26(18-8-4-17(23)5-9-18)15-22(28)25-24-14-16-2-6-19(7-3-16)27(29)30/h2-14H,15H2,1H3,(H,25,28)/b24-14+. The molecule has 0 saturated carbocycles. The Kier molecular flexibility index (Phi) is 7.82. The first-order valence-electron chi connectivity index (χ1n) is 9.69. The number of rotatable bonds is 9. The number of hydrazone groups is 1. The minimum Gasteiger partial charge on any atom is -0.497 e. The van der Waals surface area contributed by atoms with Crippen LogP contribution in [0.15, 0.2) is 82.8 Å². The number of carbonyl (C=O) groups is 1. The fourth-order valence-corrected chi connectivity index (χ4v) is 4.37. The largest absolute Gasteiger partial charge is 0.497 e. The van der Waals surface area contributed by atoms with Gasteiger partial charge in [0.1, 0.15) is 12.3 Å².